The van der Waals surface area contributed by atoms with E-state index in [4.69, 9.17) is 4.42 Å². The molecule has 0 aliphatic carbocycles. The molecule has 0 spiro atoms. The molecule has 0 unspecified atom stereocenters. The molecule has 0 saturated carbocycles. The minimum absolute atomic E-state index is 0.00242. The third kappa shape index (κ3) is 1.80. The maximum absolute atomic E-state index is 12.5. The van der Waals surface area contributed by atoms with Crippen molar-refractivity contribution in [1.82, 2.24) is 0 Å². The molecule has 22 heavy (non-hydrogen) atoms. The molecule has 0 fully saturated rings. The molecule has 1 aromatic heterocycles. The fourth-order valence-electron chi connectivity index (χ4n) is 2.18. The highest BCUT2D eigenvalue weighted by atomic mass is 16.3. The summed E-state index contributed by atoms with van der Waals surface area (Å²) in [6.45, 7) is 0. The Morgan fingerprint density at radius 2 is 1.55 bits per heavy atom. The summed E-state index contributed by atoms with van der Waals surface area (Å²) in [4.78, 5) is 12.5. The lowest BCUT2D eigenvalue weighted by molar-refractivity contribution is 0.370. The van der Waals surface area contributed by atoms with Crippen molar-refractivity contribution in [1.29, 1.82) is 0 Å². The maximum Gasteiger partial charge on any atom is 0.204 e. The zero-order valence-electron chi connectivity index (χ0n) is 10.9. The SMILES string of the molecule is O=c1c(-c2cccc(O)c2O)coc2cc(O)c(O)c(O)c12. The number of para-hydroxylation sites is 1. The molecule has 0 saturated heterocycles. The van der Waals surface area contributed by atoms with Gasteiger partial charge in [0.2, 0.25) is 11.2 Å². The average molecular weight is 302 g/mol. The lowest BCUT2D eigenvalue weighted by Crippen LogP contribution is -2.05. The molecule has 0 atom stereocenters. The molecule has 3 rings (SSSR count). The minimum Gasteiger partial charge on any atom is -0.504 e. The predicted octanol–water partition coefficient (Wildman–Crippen LogP) is 1.99. The third-order valence-electron chi connectivity index (χ3n) is 3.30. The van der Waals surface area contributed by atoms with Crippen LogP contribution in [0.25, 0.3) is 22.1 Å². The van der Waals surface area contributed by atoms with Gasteiger partial charge in [0.15, 0.2) is 23.0 Å². The van der Waals surface area contributed by atoms with E-state index in [1.807, 2.05) is 0 Å². The lowest BCUT2D eigenvalue weighted by atomic mass is 10.0. The first-order valence-electron chi connectivity index (χ1n) is 6.12. The largest absolute Gasteiger partial charge is 0.504 e. The van der Waals surface area contributed by atoms with Crippen LogP contribution in [-0.2, 0) is 0 Å². The first-order valence-corrected chi connectivity index (χ1v) is 6.12. The van der Waals surface area contributed by atoms with E-state index in [-0.39, 0.29) is 22.1 Å². The van der Waals surface area contributed by atoms with Crippen LogP contribution in [0.15, 0.2) is 39.7 Å². The molecule has 3 aromatic rings. The molecule has 7 heteroatoms. The second-order valence-electron chi connectivity index (χ2n) is 4.62. The summed E-state index contributed by atoms with van der Waals surface area (Å²) < 4.78 is 5.17. The van der Waals surface area contributed by atoms with Crippen molar-refractivity contribution in [2.24, 2.45) is 0 Å². The van der Waals surface area contributed by atoms with Crippen molar-refractivity contribution in [3.05, 3.63) is 40.8 Å². The highest BCUT2D eigenvalue weighted by Crippen LogP contribution is 2.41. The van der Waals surface area contributed by atoms with Gasteiger partial charge in [-0.2, -0.15) is 0 Å². The normalized spacial score (nSPS) is 10.9. The quantitative estimate of drug-likeness (QED) is 0.434. The molecule has 112 valence electrons. The zero-order valence-corrected chi connectivity index (χ0v) is 10.9. The highest BCUT2D eigenvalue weighted by molar-refractivity contribution is 5.91. The topological polar surface area (TPSA) is 131 Å². The number of phenolic OH excluding ortho intramolecular Hbond substituents is 5. The van der Waals surface area contributed by atoms with Crippen molar-refractivity contribution in [3.63, 3.8) is 0 Å². The number of phenols is 5. The monoisotopic (exact) mass is 302 g/mol. The van der Waals surface area contributed by atoms with Crippen LogP contribution in [0.3, 0.4) is 0 Å². The maximum atomic E-state index is 12.5. The third-order valence-corrected chi connectivity index (χ3v) is 3.30. The van der Waals surface area contributed by atoms with Crippen molar-refractivity contribution < 1.29 is 29.9 Å². The number of benzene rings is 2. The summed E-state index contributed by atoms with van der Waals surface area (Å²) in [6.07, 6.45) is 1.02. The van der Waals surface area contributed by atoms with Crippen LogP contribution in [0.1, 0.15) is 0 Å². The predicted molar refractivity (Wildman–Crippen MR) is 76.2 cm³/mol. The van der Waals surface area contributed by atoms with Gasteiger partial charge in [0.1, 0.15) is 17.2 Å². The van der Waals surface area contributed by atoms with E-state index < -0.39 is 34.2 Å². The van der Waals surface area contributed by atoms with Crippen LogP contribution < -0.4 is 5.43 Å². The van der Waals surface area contributed by atoms with Gasteiger partial charge in [-0.25, -0.2) is 0 Å². The second kappa shape index (κ2) is 4.59. The van der Waals surface area contributed by atoms with Gasteiger partial charge in [0, 0.05) is 11.6 Å². The molecule has 2 aromatic carbocycles. The van der Waals surface area contributed by atoms with Gasteiger partial charge >= 0.3 is 0 Å². The van der Waals surface area contributed by atoms with E-state index >= 15 is 0 Å². The van der Waals surface area contributed by atoms with Crippen molar-refractivity contribution in [2.45, 2.75) is 0 Å². The van der Waals surface area contributed by atoms with Crippen LogP contribution in [0.4, 0.5) is 0 Å². The van der Waals surface area contributed by atoms with E-state index in [0.717, 1.165) is 12.3 Å². The van der Waals surface area contributed by atoms with Gasteiger partial charge in [-0.05, 0) is 6.07 Å². The van der Waals surface area contributed by atoms with Crippen molar-refractivity contribution >= 4 is 11.0 Å². The number of aromatic hydroxyl groups is 5. The van der Waals surface area contributed by atoms with E-state index in [0.29, 0.717) is 0 Å². The van der Waals surface area contributed by atoms with Gasteiger partial charge in [0.25, 0.3) is 0 Å². The van der Waals surface area contributed by atoms with Gasteiger partial charge in [-0.1, -0.05) is 12.1 Å². The highest BCUT2D eigenvalue weighted by Gasteiger charge is 2.20. The number of rotatable bonds is 1. The van der Waals surface area contributed by atoms with Gasteiger partial charge in [-0.15, -0.1) is 0 Å². The Morgan fingerprint density at radius 3 is 2.27 bits per heavy atom. The Morgan fingerprint density at radius 1 is 0.818 bits per heavy atom. The molecule has 0 aliphatic rings. The van der Waals surface area contributed by atoms with Crippen LogP contribution in [-0.4, -0.2) is 25.5 Å². The Labute approximate surface area is 122 Å². The zero-order chi connectivity index (χ0) is 16.0. The van der Waals surface area contributed by atoms with E-state index in [2.05, 4.69) is 0 Å². The molecule has 0 bridgehead atoms. The molecular weight excluding hydrogens is 292 g/mol. The van der Waals surface area contributed by atoms with E-state index in [9.17, 15) is 30.3 Å². The minimum atomic E-state index is -0.850. The molecule has 1 heterocycles. The lowest BCUT2D eigenvalue weighted by Gasteiger charge is -2.08. The molecule has 7 nitrogen and oxygen atoms in total. The van der Waals surface area contributed by atoms with Gasteiger partial charge in [-0.3, -0.25) is 4.79 Å². The first-order chi connectivity index (χ1) is 10.4. The average Bonchev–Trinajstić information content (AvgIpc) is 2.48. The number of fused-ring (bicyclic) bond motifs is 1. The summed E-state index contributed by atoms with van der Waals surface area (Å²) in [6, 6.07) is 5.02. The fraction of sp³-hybridized carbons (Fsp3) is 0. The number of hydrogen-bond acceptors (Lipinski definition) is 7. The summed E-state index contributed by atoms with van der Waals surface area (Å²) in [7, 11) is 0. The van der Waals surface area contributed by atoms with Crippen molar-refractivity contribution in [2.75, 3.05) is 0 Å². The molecule has 0 radical (unpaired) electrons. The molecule has 0 aliphatic heterocycles. The Kier molecular flexibility index (Phi) is 2.84. The van der Waals surface area contributed by atoms with E-state index in [1.165, 1.54) is 18.2 Å². The van der Waals surface area contributed by atoms with Crippen molar-refractivity contribution in [3.8, 4) is 39.9 Å². The van der Waals surface area contributed by atoms with E-state index in [1.54, 1.807) is 0 Å². The van der Waals surface area contributed by atoms with Gasteiger partial charge < -0.3 is 29.9 Å². The fourth-order valence-corrected chi connectivity index (χ4v) is 2.18. The Balaban J connectivity index is 2.41. The summed E-state index contributed by atoms with van der Waals surface area (Å²) >= 11 is 0. The standard InChI is InChI=1S/C15H10O7/c16-8-3-1-2-6(12(8)18)7-5-22-10-4-9(17)14(20)15(21)11(10)13(7)19/h1-5,16-18,20-21H. The molecular formula is C15H10O7. The first kappa shape index (κ1) is 13.6. The molecule has 5 N–H and O–H groups in total. The van der Waals surface area contributed by atoms with Crippen LogP contribution in [0.5, 0.6) is 28.7 Å². The second-order valence-corrected chi connectivity index (χ2v) is 4.62. The molecule has 0 amide bonds. The smallest absolute Gasteiger partial charge is 0.204 e. The van der Waals surface area contributed by atoms with Crippen LogP contribution in [0.2, 0.25) is 0 Å². The van der Waals surface area contributed by atoms with Crippen LogP contribution in [0, 0.1) is 0 Å². The Bertz CT molecular complexity index is 956. The Hall–Kier alpha value is -3.35. The number of hydrogen-bond donors (Lipinski definition) is 5. The van der Waals surface area contributed by atoms with Crippen LogP contribution >= 0.6 is 0 Å². The van der Waals surface area contributed by atoms with Gasteiger partial charge in [0.05, 0.1) is 5.56 Å². The summed E-state index contributed by atoms with van der Waals surface area (Å²) in [5.74, 6) is -3.25. The summed E-state index contributed by atoms with van der Waals surface area (Å²) in [5.41, 5.74) is -1.000. The summed E-state index contributed by atoms with van der Waals surface area (Å²) in [5, 5.41) is 47.7.